The van der Waals surface area contributed by atoms with Crippen LogP contribution in [0, 0.1) is 6.92 Å². The van der Waals surface area contributed by atoms with E-state index >= 15 is 0 Å². The molecule has 0 radical (unpaired) electrons. The molecule has 2 rings (SSSR count). The van der Waals surface area contributed by atoms with Gasteiger partial charge in [-0.1, -0.05) is 28.9 Å². The molecule has 2 aromatic rings. The molecular weight excluding hydrogens is 325 g/mol. The summed E-state index contributed by atoms with van der Waals surface area (Å²) < 4.78 is 28.2. The molecule has 1 aromatic carbocycles. The largest absolute Gasteiger partial charge is 0.358 e. The molecule has 0 fully saturated rings. The summed E-state index contributed by atoms with van der Waals surface area (Å²) >= 11 is 11.3. The zero-order valence-electron chi connectivity index (χ0n) is 10.2. The van der Waals surface area contributed by atoms with Gasteiger partial charge in [0, 0.05) is 6.07 Å². The Balaban J connectivity index is 2.53. The first-order chi connectivity index (χ1) is 9.34. The van der Waals surface area contributed by atoms with Crippen molar-refractivity contribution in [2.75, 3.05) is 0 Å². The lowest BCUT2D eigenvalue weighted by atomic mass is 10.2. The molecule has 1 unspecified atom stereocenters. The molecule has 20 heavy (non-hydrogen) atoms. The van der Waals surface area contributed by atoms with Crippen LogP contribution in [0.1, 0.15) is 26.5 Å². The minimum atomic E-state index is -4.03. The number of aromatic nitrogens is 1. The summed E-state index contributed by atoms with van der Waals surface area (Å²) in [5.41, 5.74) is 0.374. The highest BCUT2D eigenvalue weighted by Crippen LogP contribution is 2.34. The van der Waals surface area contributed by atoms with E-state index in [1.54, 1.807) is 6.92 Å². The van der Waals surface area contributed by atoms with Crippen LogP contribution in [-0.4, -0.2) is 18.8 Å². The monoisotopic (exact) mass is 333 g/mol. The molecule has 0 spiro atoms. The van der Waals surface area contributed by atoms with Gasteiger partial charge in [0.25, 0.3) is 5.24 Å². The lowest BCUT2D eigenvalue weighted by Gasteiger charge is -2.10. The Morgan fingerprint density at radius 2 is 2.00 bits per heavy atom. The van der Waals surface area contributed by atoms with Gasteiger partial charge in [0.1, 0.15) is 0 Å². The summed E-state index contributed by atoms with van der Waals surface area (Å²) in [6.07, 6.45) is 0. The van der Waals surface area contributed by atoms with Crippen LogP contribution in [0.3, 0.4) is 0 Å². The lowest BCUT2D eigenvalue weighted by Crippen LogP contribution is -2.11. The number of halogens is 2. The Kier molecular flexibility index (Phi) is 4.17. The number of aryl methyl sites for hydroxylation is 1. The van der Waals surface area contributed by atoms with Crippen molar-refractivity contribution in [2.45, 2.75) is 16.5 Å². The fourth-order valence-electron chi connectivity index (χ4n) is 1.63. The molecule has 1 aromatic heterocycles. The van der Waals surface area contributed by atoms with E-state index in [0.717, 1.165) is 0 Å². The Morgan fingerprint density at radius 3 is 2.55 bits per heavy atom. The standard InChI is InChI=1S/C12H9Cl2NO4S/c1-7-6-9(19-15-7)12(14)20(17,18)10-5-3-2-4-8(10)11(13)16/h2-6,12H,1H3. The van der Waals surface area contributed by atoms with Crippen LogP contribution in [0.5, 0.6) is 0 Å². The molecule has 0 saturated heterocycles. The summed E-state index contributed by atoms with van der Waals surface area (Å²) in [6.45, 7) is 1.64. The highest BCUT2D eigenvalue weighted by Gasteiger charge is 2.33. The summed E-state index contributed by atoms with van der Waals surface area (Å²) in [4.78, 5) is 11.1. The molecule has 0 saturated carbocycles. The predicted octanol–water partition coefficient (Wildman–Crippen LogP) is 3.07. The van der Waals surface area contributed by atoms with Crippen LogP contribution >= 0.6 is 23.2 Å². The fourth-order valence-corrected chi connectivity index (χ4v) is 3.62. The summed E-state index contributed by atoms with van der Waals surface area (Å²) in [5, 5.41) is 2.71. The van der Waals surface area contributed by atoms with Crippen molar-refractivity contribution in [3.8, 4) is 0 Å². The zero-order valence-corrected chi connectivity index (χ0v) is 12.5. The number of nitrogens with zero attached hydrogens (tertiary/aromatic N) is 1. The highest BCUT2D eigenvalue weighted by molar-refractivity contribution is 7.93. The van der Waals surface area contributed by atoms with E-state index in [4.69, 9.17) is 27.7 Å². The van der Waals surface area contributed by atoms with Gasteiger partial charge in [-0.05, 0) is 30.7 Å². The number of rotatable bonds is 4. The van der Waals surface area contributed by atoms with Crippen LogP contribution < -0.4 is 0 Å². The van der Waals surface area contributed by atoms with Gasteiger partial charge < -0.3 is 4.52 Å². The summed E-state index contributed by atoms with van der Waals surface area (Å²) in [6, 6.07) is 6.99. The number of carbonyl (C=O) groups is 1. The second-order valence-electron chi connectivity index (χ2n) is 4.00. The molecule has 0 N–H and O–H groups in total. The molecule has 1 atom stereocenters. The van der Waals surface area contributed by atoms with Crippen molar-refractivity contribution < 1.29 is 17.7 Å². The smallest absolute Gasteiger partial charge is 0.253 e. The first-order valence-electron chi connectivity index (χ1n) is 5.44. The molecular formula is C12H9Cl2NO4S. The van der Waals surface area contributed by atoms with Crippen molar-refractivity contribution in [3.63, 3.8) is 0 Å². The topological polar surface area (TPSA) is 77.2 Å². The minimum Gasteiger partial charge on any atom is -0.358 e. The summed E-state index contributed by atoms with van der Waals surface area (Å²) in [5.74, 6) is -0.0130. The second-order valence-corrected chi connectivity index (χ2v) is 7.04. The Morgan fingerprint density at radius 1 is 1.35 bits per heavy atom. The van der Waals surface area contributed by atoms with Gasteiger partial charge in [0.2, 0.25) is 9.84 Å². The van der Waals surface area contributed by atoms with E-state index in [9.17, 15) is 13.2 Å². The van der Waals surface area contributed by atoms with E-state index in [1.165, 1.54) is 30.3 Å². The molecule has 0 aliphatic carbocycles. The van der Waals surface area contributed by atoms with E-state index < -0.39 is 19.8 Å². The number of sulfone groups is 1. The third-order valence-electron chi connectivity index (χ3n) is 2.55. The Bertz CT molecular complexity index is 754. The Labute approximate surface area is 125 Å². The molecule has 0 aliphatic heterocycles. The zero-order chi connectivity index (χ0) is 14.9. The fraction of sp³-hybridized carbons (Fsp3) is 0.167. The van der Waals surface area contributed by atoms with Crippen molar-refractivity contribution >= 4 is 38.3 Å². The normalized spacial score (nSPS) is 13.2. The average Bonchev–Trinajstić information content (AvgIpc) is 2.84. The van der Waals surface area contributed by atoms with Gasteiger partial charge in [0.15, 0.2) is 10.5 Å². The van der Waals surface area contributed by atoms with E-state index in [1.807, 2.05) is 0 Å². The predicted molar refractivity (Wildman–Crippen MR) is 73.6 cm³/mol. The lowest BCUT2D eigenvalue weighted by molar-refractivity contribution is 0.107. The molecule has 0 bridgehead atoms. The first kappa shape index (κ1) is 15.0. The van der Waals surface area contributed by atoms with Gasteiger partial charge in [0.05, 0.1) is 16.2 Å². The van der Waals surface area contributed by atoms with Crippen LogP contribution in [0.15, 0.2) is 39.8 Å². The highest BCUT2D eigenvalue weighted by atomic mass is 35.5. The molecule has 5 nitrogen and oxygen atoms in total. The van der Waals surface area contributed by atoms with E-state index in [2.05, 4.69) is 5.16 Å². The number of alkyl halides is 1. The minimum absolute atomic E-state index is 0.0130. The maximum absolute atomic E-state index is 12.4. The number of carbonyl (C=O) groups excluding carboxylic acids is 1. The molecule has 1 heterocycles. The molecule has 8 heteroatoms. The maximum Gasteiger partial charge on any atom is 0.253 e. The maximum atomic E-state index is 12.4. The quantitative estimate of drug-likeness (QED) is 0.634. The average molecular weight is 334 g/mol. The van der Waals surface area contributed by atoms with Crippen molar-refractivity contribution in [1.82, 2.24) is 5.16 Å². The third-order valence-corrected chi connectivity index (χ3v) is 5.42. The number of hydrogen-bond donors (Lipinski definition) is 0. The van der Waals surface area contributed by atoms with Crippen molar-refractivity contribution in [1.29, 1.82) is 0 Å². The van der Waals surface area contributed by atoms with Crippen LogP contribution in [-0.2, 0) is 9.84 Å². The van der Waals surface area contributed by atoms with Crippen molar-refractivity contribution in [3.05, 3.63) is 47.3 Å². The molecule has 0 aliphatic rings. The number of hydrogen-bond acceptors (Lipinski definition) is 5. The molecule has 0 amide bonds. The third kappa shape index (κ3) is 2.72. The summed E-state index contributed by atoms with van der Waals surface area (Å²) in [7, 11) is -4.03. The first-order valence-corrected chi connectivity index (χ1v) is 7.80. The van der Waals surface area contributed by atoms with Crippen LogP contribution in [0.4, 0.5) is 0 Å². The van der Waals surface area contributed by atoms with Gasteiger partial charge >= 0.3 is 0 Å². The van der Waals surface area contributed by atoms with Gasteiger partial charge in [-0.3, -0.25) is 4.79 Å². The second kappa shape index (κ2) is 5.55. The SMILES string of the molecule is Cc1cc(C(Cl)S(=O)(=O)c2ccccc2C(=O)Cl)on1. The van der Waals surface area contributed by atoms with Gasteiger partial charge in [-0.15, -0.1) is 0 Å². The van der Waals surface area contributed by atoms with Crippen LogP contribution in [0.25, 0.3) is 0 Å². The Hall–Kier alpha value is -1.37. The van der Waals surface area contributed by atoms with E-state index in [0.29, 0.717) is 5.69 Å². The van der Waals surface area contributed by atoms with Gasteiger partial charge in [-0.2, -0.15) is 0 Å². The number of benzene rings is 1. The van der Waals surface area contributed by atoms with Gasteiger partial charge in [-0.25, -0.2) is 8.42 Å². The van der Waals surface area contributed by atoms with E-state index in [-0.39, 0.29) is 16.2 Å². The van der Waals surface area contributed by atoms with Crippen molar-refractivity contribution in [2.24, 2.45) is 0 Å². The van der Waals surface area contributed by atoms with Crippen LogP contribution in [0.2, 0.25) is 0 Å². The molecule has 106 valence electrons.